The van der Waals surface area contributed by atoms with Gasteiger partial charge in [0, 0.05) is 24.0 Å². The van der Waals surface area contributed by atoms with Crippen molar-refractivity contribution in [3.63, 3.8) is 0 Å². The summed E-state index contributed by atoms with van der Waals surface area (Å²) in [5, 5.41) is 2.84. The van der Waals surface area contributed by atoms with Crippen LogP contribution in [0.15, 0.2) is 56.4 Å². The van der Waals surface area contributed by atoms with Crippen molar-refractivity contribution < 1.29 is 17.6 Å². The third-order valence-electron chi connectivity index (χ3n) is 4.43. The minimum absolute atomic E-state index is 0.205. The van der Waals surface area contributed by atoms with E-state index in [1.165, 1.54) is 4.31 Å². The first-order chi connectivity index (χ1) is 12.5. The average Bonchev–Trinajstić information content (AvgIpc) is 3.15. The van der Waals surface area contributed by atoms with Gasteiger partial charge in [0.05, 0.1) is 11.2 Å². The smallest absolute Gasteiger partial charge is 0.243 e. The quantitative estimate of drug-likeness (QED) is 0.748. The summed E-state index contributed by atoms with van der Waals surface area (Å²) in [5.41, 5.74) is 0. The lowest BCUT2D eigenvalue weighted by molar-refractivity contribution is -0.125. The Balaban J connectivity index is 1.70. The Bertz CT molecular complexity index is 835. The van der Waals surface area contributed by atoms with Crippen LogP contribution in [-0.2, 0) is 21.2 Å². The van der Waals surface area contributed by atoms with E-state index in [-0.39, 0.29) is 10.8 Å². The molecule has 3 rings (SSSR count). The van der Waals surface area contributed by atoms with Crippen LogP contribution in [0.5, 0.6) is 0 Å². The summed E-state index contributed by atoms with van der Waals surface area (Å²) >= 11 is 3.31. The molecule has 26 heavy (non-hydrogen) atoms. The largest absolute Gasteiger partial charge is 0.469 e. The number of sulfonamides is 1. The molecule has 1 aromatic carbocycles. The van der Waals surface area contributed by atoms with Gasteiger partial charge in [-0.05, 0) is 49.2 Å². The van der Waals surface area contributed by atoms with E-state index in [0.29, 0.717) is 25.9 Å². The van der Waals surface area contributed by atoms with Gasteiger partial charge in [-0.2, -0.15) is 4.31 Å². The molecule has 140 valence electrons. The van der Waals surface area contributed by atoms with E-state index in [2.05, 4.69) is 21.2 Å². The van der Waals surface area contributed by atoms with Gasteiger partial charge in [-0.25, -0.2) is 8.42 Å². The van der Waals surface area contributed by atoms with Crippen molar-refractivity contribution >= 4 is 31.9 Å². The van der Waals surface area contributed by atoms with E-state index in [1.54, 1.807) is 36.6 Å². The highest BCUT2D eigenvalue weighted by Gasteiger charge is 2.37. The molecule has 0 saturated carbocycles. The summed E-state index contributed by atoms with van der Waals surface area (Å²) in [6.45, 7) is 0.768. The lowest BCUT2D eigenvalue weighted by atomic mass is 10.0. The molecular weight excluding hydrogens is 420 g/mol. The highest BCUT2D eigenvalue weighted by molar-refractivity contribution is 9.10. The zero-order chi connectivity index (χ0) is 18.6. The molecule has 0 bridgehead atoms. The molecule has 1 aliphatic rings. The number of carbonyl (C=O) groups is 1. The lowest BCUT2D eigenvalue weighted by Gasteiger charge is -2.33. The van der Waals surface area contributed by atoms with E-state index >= 15 is 0 Å². The third kappa shape index (κ3) is 4.36. The van der Waals surface area contributed by atoms with Crippen molar-refractivity contribution in [1.82, 2.24) is 9.62 Å². The molecule has 2 aromatic rings. The average molecular weight is 441 g/mol. The fourth-order valence-electron chi connectivity index (χ4n) is 3.08. The van der Waals surface area contributed by atoms with Crippen LogP contribution in [0.1, 0.15) is 25.0 Å². The van der Waals surface area contributed by atoms with Gasteiger partial charge in [0.25, 0.3) is 0 Å². The van der Waals surface area contributed by atoms with Crippen LogP contribution in [0.2, 0.25) is 0 Å². The summed E-state index contributed by atoms with van der Waals surface area (Å²) in [4.78, 5) is 12.8. The number of furan rings is 1. The number of benzene rings is 1. The molecule has 1 N–H and O–H groups in total. The monoisotopic (exact) mass is 440 g/mol. The van der Waals surface area contributed by atoms with E-state index in [1.807, 2.05) is 6.07 Å². The van der Waals surface area contributed by atoms with E-state index in [0.717, 1.165) is 23.1 Å². The van der Waals surface area contributed by atoms with Crippen LogP contribution in [0.3, 0.4) is 0 Å². The van der Waals surface area contributed by atoms with Crippen molar-refractivity contribution in [2.45, 2.75) is 36.6 Å². The third-order valence-corrected chi connectivity index (χ3v) is 6.88. The molecule has 6 nitrogen and oxygen atoms in total. The SMILES string of the molecule is O=C(NCCc1ccco1)C1CCCCN1S(=O)(=O)c1ccc(Br)cc1. The molecule has 1 unspecified atom stereocenters. The second kappa shape index (κ2) is 8.37. The topological polar surface area (TPSA) is 79.6 Å². The van der Waals surface area contributed by atoms with Gasteiger partial charge >= 0.3 is 0 Å². The van der Waals surface area contributed by atoms with Crippen molar-refractivity contribution in [3.05, 3.63) is 52.9 Å². The molecule has 1 fully saturated rings. The summed E-state index contributed by atoms with van der Waals surface area (Å²) in [6, 6.07) is 9.46. The fraction of sp³-hybridized carbons (Fsp3) is 0.389. The lowest BCUT2D eigenvalue weighted by Crippen LogP contribution is -2.52. The Hall–Kier alpha value is -1.64. The molecule has 1 atom stereocenters. The minimum Gasteiger partial charge on any atom is -0.469 e. The molecular formula is C18H21BrN2O4S. The molecule has 0 spiro atoms. The molecule has 8 heteroatoms. The zero-order valence-corrected chi connectivity index (χ0v) is 16.6. The molecule has 1 amide bonds. The van der Waals surface area contributed by atoms with Crippen molar-refractivity contribution in [2.75, 3.05) is 13.1 Å². The first-order valence-corrected chi connectivity index (χ1v) is 10.8. The predicted octanol–water partition coefficient (Wildman–Crippen LogP) is 2.94. The Labute approximate surface area is 161 Å². The summed E-state index contributed by atoms with van der Waals surface area (Å²) in [5.74, 6) is 0.533. The number of rotatable bonds is 6. The Morgan fingerprint density at radius 3 is 2.69 bits per heavy atom. The first-order valence-electron chi connectivity index (χ1n) is 8.56. The minimum atomic E-state index is -3.71. The number of amides is 1. The molecule has 2 heterocycles. The maximum Gasteiger partial charge on any atom is 0.243 e. The predicted molar refractivity (Wildman–Crippen MR) is 101 cm³/mol. The van der Waals surface area contributed by atoms with Gasteiger partial charge in [0.1, 0.15) is 11.8 Å². The highest BCUT2D eigenvalue weighted by atomic mass is 79.9. The van der Waals surface area contributed by atoms with Gasteiger partial charge in [-0.3, -0.25) is 4.79 Å². The Kier molecular flexibility index (Phi) is 6.16. The Morgan fingerprint density at radius 2 is 2.00 bits per heavy atom. The molecule has 1 aliphatic heterocycles. The van der Waals surface area contributed by atoms with Crippen LogP contribution in [-0.4, -0.2) is 37.8 Å². The Morgan fingerprint density at radius 1 is 1.23 bits per heavy atom. The van der Waals surface area contributed by atoms with Crippen molar-refractivity contribution in [2.24, 2.45) is 0 Å². The second-order valence-corrected chi connectivity index (χ2v) is 9.01. The van der Waals surface area contributed by atoms with E-state index in [4.69, 9.17) is 4.42 Å². The van der Waals surface area contributed by atoms with Crippen LogP contribution < -0.4 is 5.32 Å². The fourth-order valence-corrected chi connectivity index (χ4v) is 5.00. The highest BCUT2D eigenvalue weighted by Crippen LogP contribution is 2.26. The summed E-state index contributed by atoms with van der Waals surface area (Å²) in [6.07, 6.45) is 4.28. The number of piperidine rings is 1. The molecule has 0 radical (unpaired) electrons. The van der Waals surface area contributed by atoms with E-state index in [9.17, 15) is 13.2 Å². The number of nitrogens with zero attached hydrogens (tertiary/aromatic N) is 1. The van der Waals surface area contributed by atoms with Gasteiger partial charge in [-0.1, -0.05) is 22.4 Å². The number of halogens is 1. The van der Waals surface area contributed by atoms with Crippen molar-refractivity contribution in [1.29, 1.82) is 0 Å². The maximum atomic E-state index is 13.0. The second-order valence-electron chi connectivity index (χ2n) is 6.20. The van der Waals surface area contributed by atoms with Gasteiger partial charge < -0.3 is 9.73 Å². The molecule has 1 saturated heterocycles. The first kappa shape index (κ1) is 19.1. The normalized spacial score (nSPS) is 18.6. The molecule has 1 aromatic heterocycles. The van der Waals surface area contributed by atoms with Gasteiger partial charge in [0.15, 0.2) is 0 Å². The van der Waals surface area contributed by atoms with Crippen molar-refractivity contribution in [3.8, 4) is 0 Å². The summed E-state index contributed by atoms with van der Waals surface area (Å²) in [7, 11) is -3.71. The molecule has 0 aliphatic carbocycles. The number of hydrogen-bond donors (Lipinski definition) is 1. The zero-order valence-electron chi connectivity index (χ0n) is 14.2. The van der Waals surface area contributed by atoms with Gasteiger partial charge in [-0.15, -0.1) is 0 Å². The van der Waals surface area contributed by atoms with Crippen LogP contribution in [0.25, 0.3) is 0 Å². The van der Waals surface area contributed by atoms with Crippen LogP contribution in [0.4, 0.5) is 0 Å². The maximum absolute atomic E-state index is 13.0. The number of nitrogens with one attached hydrogen (secondary N) is 1. The number of hydrogen-bond acceptors (Lipinski definition) is 4. The van der Waals surface area contributed by atoms with Crippen LogP contribution >= 0.6 is 15.9 Å². The standard InChI is InChI=1S/C18H21BrN2O4S/c19-14-6-8-16(9-7-14)26(23,24)21-12-2-1-5-17(21)18(22)20-11-10-15-4-3-13-25-15/h3-4,6-9,13,17H,1-2,5,10-12H2,(H,20,22). The van der Waals surface area contributed by atoms with Gasteiger partial charge in [0.2, 0.25) is 15.9 Å². The van der Waals surface area contributed by atoms with Crippen LogP contribution in [0, 0.1) is 0 Å². The van der Waals surface area contributed by atoms with E-state index < -0.39 is 16.1 Å². The number of carbonyl (C=O) groups excluding carboxylic acids is 1. The summed E-state index contributed by atoms with van der Waals surface area (Å²) < 4.78 is 33.4.